The molecular formula is C14H21ClN4O3. The Kier molecular flexibility index (Phi) is 7.07. The van der Waals surface area contributed by atoms with Gasteiger partial charge < -0.3 is 16.0 Å². The van der Waals surface area contributed by atoms with Gasteiger partial charge in [-0.05, 0) is 31.5 Å². The smallest absolute Gasteiger partial charge is 0.292 e. The van der Waals surface area contributed by atoms with Crippen molar-refractivity contribution in [2.24, 2.45) is 5.92 Å². The third-order valence-electron chi connectivity index (χ3n) is 3.67. The van der Waals surface area contributed by atoms with Crippen LogP contribution in [0.4, 0.5) is 11.4 Å². The highest BCUT2D eigenvalue weighted by Crippen LogP contribution is 2.22. The molecule has 0 bridgehead atoms. The van der Waals surface area contributed by atoms with E-state index in [9.17, 15) is 14.9 Å². The minimum atomic E-state index is -0.463. The van der Waals surface area contributed by atoms with Crippen molar-refractivity contribution in [3.05, 3.63) is 34.4 Å². The maximum Gasteiger partial charge on any atom is 0.292 e. The lowest BCUT2D eigenvalue weighted by Crippen LogP contribution is -2.49. The van der Waals surface area contributed by atoms with Gasteiger partial charge in [-0.1, -0.05) is 19.1 Å². The highest BCUT2D eigenvalue weighted by Gasteiger charge is 2.22. The molecule has 1 aromatic rings. The van der Waals surface area contributed by atoms with E-state index in [1.165, 1.54) is 6.07 Å². The fraction of sp³-hybridized carbons (Fsp3) is 0.500. The molecule has 1 aliphatic rings. The van der Waals surface area contributed by atoms with Gasteiger partial charge in [-0.2, -0.15) is 0 Å². The van der Waals surface area contributed by atoms with Crippen LogP contribution in [0.15, 0.2) is 24.3 Å². The highest BCUT2D eigenvalue weighted by molar-refractivity contribution is 5.85. The normalized spacial score (nSPS) is 20.6. The molecule has 0 saturated carbocycles. The summed E-state index contributed by atoms with van der Waals surface area (Å²) in [6.07, 6.45) is 0.901. The summed E-state index contributed by atoms with van der Waals surface area (Å²) in [7, 11) is 0. The number of benzene rings is 1. The molecule has 1 saturated heterocycles. The molecule has 1 fully saturated rings. The van der Waals surface area contributed by atoms with Crippen LogP contribution < -0.4 is 16.0 Å². The first-order valence-corrected chi connectivity index (χ1v) is 7.05. The third kappa shape index (κ3) is 4.85. The van der Waals surface area contributed by atoms with Crippen LogP contribution in [0.1, 0.15) is 13.3 Å². The summed E-state index contributed by atoms with van der Waals surface area (Å²) in [6, 6.07) is 6.46. The van der Waals surface area contributed by atoms with Gasteiger partial charge in [0.1, 0.15) is 5.69 Å². The van der Waals surface area contributed by atoms with Crippen LogP contribution in [0, 0.1) is 16.0 Å². The van der Waals surface area contributed by atoms with Crippen molar-refractivity contribution in [3.8, 4) is 0 Å². The van der Waals surface area contributed by atoms with Gasteiger partial charge in [0.05, 0.1) is 11.5 Å². The molecule has 8 heteroatoms. The minimum Gasteiger partial charge on any atom is -0.371 e. The summed E-state index contributed by atoms with van der Waals surface area (Å²) in [6.45, 7) is 3.91. The summed E-state index contributed by atoms with van der Waals surface area (Å²) >= 11 is 0. The second-order valence-corrected chi connectivity index (χ2v) is 5.27. The molecule has 0 spiro atoms. The van der Waals surface area contributed by atoms with Gasteiger partial charge >= 0.3 is 0 Å². The summed E-state index contributed by atoms with van der Waals surface area (Å²) in [5, 5.41) is 20.0. The Morgan fingerprint density at radius 1 is 1.45 bits per heavy atom. The van der Waals surface area contributed by atoms with Gasteiger partial charge in [-0.3, -0.25) is 14.9 Å². The van der Waals surface area contributed by atoms with E-state index in [0.29, 0.717) is 11.6 Å². The van der Waals surface area contributed by atoms with E-state index in [0.717, 1.165) is 19.5 Å². The van der Waals surface area contributed by atoms with Gasteiger partial charge in [0, 0.05) is 12.1 Å². The second kappa shape index (κ2) is 8.55. The average Bonchev–Trinajstić information content (AvgIpc) is 2.48. The van der Waals surface area contributed by atoms with Gasteiger partial charge in [0.15, 0.2) is 0 Å². The fourth-order valence-corrected chi connectivity index (χ4v) is 2.44. The SMILES string of the molecule is CC1CNCCC1NC(=O)CNc1ccccc1[N+](=O)[O-].Cl. The molecule has 1 heterocycles. The van der Waals surface area contributed by atoms with Gasteiger partial charge in [0.2, 0.25) is 5.91 Å². The first kappa shape index (κ1) is 18.2. The Morgan fingerprint density at radius 2 is 2.18 bits per heavy atom. The van der Waals surface area contributed by atoms with E-state index in [1.54, 1.807) is 18.2 Å². The number of rotatable bonds is 5. The molecule has 7 nitrogen and oxygen atoms in total. The number of carbonyl (C=O) groups is 1. The Bertz CT molecular complexity index is 527. The number of hydrogen-bond donors (Lipinski definition) is 3. The second-order valence-electron chi connectivity index (χ2n) is 5.27. The predicted molar refractivity (Wildman–Crippen MR) is 87.4 cm³/mol. The standard InChI is InChI=1S/C14H20N4O3.ClH/c1-10-8-15-7-6-11(10)17-14(19)9-16-12-4-2-3-5-13(12)18(20)21;/h2-5,10-11,15-16H,6-9H2,1H3,(H,17,19);1H. The lowest BCUT2D eigenvalue weighted by Gasteiger charge is -2.30. The van der Waals surface area contributed by atoms with E-state index in [4.69, 9.17) is 0 Å². The van der Waals surface area contributed by atoms with Crippen LogP contribution in [0.25, 0.3) is 0 Å². The number of piperidine rings is 1. The zero-order valence-corrected chi connectivity index (χ0v) is 13.2. The molecule has 2 unspecified atom stereocenters. The highest BCUT2D eigenvalue weighted by atomic mass is 35.5. The lowest BCUT2D eigenvalue weighted by atomic mass is 9.95. The molecule has 1 aromatic carbocycles. The van der Waals surface area contributed by atoms with Gasteiger partial charge in [0.25, 0.3) is 5.69 Å². The zero-order chi connectivity index (χ0) is 15.2. The Morgan fingerprint density at radius 3 is 2.86 bits per heavy atom. The van der Waals surface area contributed by atoms with E-state index >= 15 is 0 Å². The van der Waals surface area contributed by atoms with Crippen molar-refractivity contribution < 1.29 is 9.72 Å². The molecule has 3 N–H and O–H groups in total. The number of hydrogen-bond acceptors (Lipinski definition) is 5. The number of nitrogens with one attached hydrogen (secondary N) is 3. The third-order valence-corrected chi connectivity index (χ3v) is 3.67. The monoisotopic (exact) mass is 328 g/mol. The number of carbonyl (C=O) groups excluding carboxylic acids is 1. The fourth-order valence-electron chi connectivity index (χ4n) is 2.44. The van der Waals surface area contributed by atoms with Crippen molar-refractivity contribution in [2.75, 3.05) is 25.0 Å². The Labute approximate surface area is 135 Å². The summed E-state index contributed by atoms with van der Waals surface area (Å²) in [4.78, 5) is 22.4. The van der Waals surface area contributed by atoms with Gasteiger partial charge in [-0.15, -0.1) is 12.4 Å². The number of amides is 1. The van der Waals surface area contributed by atoms with Crippen molar-refractivity contribution in [1.29, 1.82) is 0 Å². The molecule has 22 heavy (non-hydrogen) atoms. The van der Waals surface area contributed by atoms with Crippen molar-refractivity contribution in [1.82, 2.24) is 10.6 Å². The van der Waals surface area contributed by atoms with Crippen molar-refractivity contribution in [2.45, 2.75) is 19.4 Å². The molecule has 2 atom stereocenters. The lowest BCUT2D eigenvalue weighted by molar-refractivity contribution is -0.383. The summed E-state index contributed by atoms with van der Waals surface area (Å²) in [5.41, 5.74) is 0.330. The number of anilines is 1. The molecule has 0 aliphatic carbocycles. The van der Waals surface area contributed by atoms with Crippen molar-refractivity contribution >= 4 is 29.7 Å². The maximum absolute atomic E-state index is 11.9. The first-order valence-electron chi connectivity index (χ1n) is 7.05. The Hall–Kier alpha value is -1.86. The van der Waals surface area contributed by atoms with E-state index in [-0.39, 0.29) is 36.6 Å². The first-order chi connectivity index (χ1) is 10.1. The van der Waals surface area contributed by atoms with E-state index in [2.05, 4.69) is 22.9 Å². The largest absolute Gasteiger partial charge is 0.371 e. The molecule has 2 rings (SSSR count). The zero-order valence-electron chi connectivity index (χ0n) is 12.4. The molecule has 0 aromatic heterocycles. The van der Waals surface area contributed by atoms with Crippen LogP contribution in [-0.2, 0) is 4.79 Å². The number of para-hydroxylation sites is 2. The van der Waals surface area contributed by atoms with Crippen LogP contribution in [0.2, 0.25) is 0 Å². The molecule has 122 valence electrons. The number of nitro groups is 1. The number of nitrogens with zero attached hydrogens (tertiary/aromatic N) is 1. The summed E-state index contributed by atoms with van der Waals surface area (Å²) in [5.74, 6) is 0.237. The molecule has 1 aliphatic heterocycles. The number of nitro benzene ring substituents is 1. The van der Waals surface area contributed by atoms with E-state index < -0.39 is 4.92 Å². The van der Waals surface area contributed by atoms with Crippen LogP contribution in [-0.4, -0.2) is 36.5 Å². The maximum atomic E-state index is 11.9. The topological polar surface area (TPSA) is 96.3 Å². The molecule has 0 radical (unpaired) electrons. The number of halogens is 1. The predicted octanol–water partition coefficient (Wildman–Crippen LogP) is 1.54. The van der Waals surface area contributed by atoms with E-state index in [1.807, 2.05) is 0 Å². The average molecular weight is 329 g/mol. The van der Waals surface area contributed by atoms with Crippen LogP contribution >= 0.6 is 12.4 Å². The van der Waals surface area contributed by atoms with Crippen molar-refractivity contribution in [3.63, 3.8) is 0 Å². The quantitative estimate of drug-likeness (QED) is 0.563. The minimum absolute atomic E-state index is 0. The summed E-state index contributed by atoms with van der Waals surface area (Å²) < 4.78 is 0. The van der Waals surface area contributed by atoms with Gasteiger partial charge in [-0.25, -0.2) is 0 Å². The van der Waals surface area contributed by atoms with Crippen LogP contribution in [0.3, 0.4) is 0 Å². The molecule has 1 amide bonds. The molecular weight excluding hydrogens is 308 g/mol. The Balaban J connectivity index is 0.00000242. The van der Waals surface area contributed by atoms with Crippen LogP contribution in [0.5, 0.6) is 0 Å².